The number of pyridine rings is 1. The molecule has 2 amide bonds. The van der Waals surface area contributed by atoms with Crippen LogP contribution < -0.4 is 5.56 Å². The van der Waals surface area contributed by atoms with Crippen LogP contribution in [-0.4, -0.2) is 32.9 Å². The highest BCUT2D eigenvalue weighted by atomic mass is 19.4. The second-order valence-corrected chi connectivity index (χ2v) is 7.71. The summed E-state index contributed by atoms with van der Waals surface area (Å²) in [6.07, 6.45) is -5.23. The minimum Gasteiger partial charge on any atom is -0.493 e. The molecule has 13 heteroatoms. The van der Waals surface area contributed by atoms with Crippen molar-refractivity contribution in [2.24, 2.45) is 23.2 Å². The number of hydrogen-bond acceptors (Lipinski definition) is 7. The van der Waals surface area contributed by atoms with Gasteiger partial charge in [0.1, 0.15) is 17.2 Å². The van der Waals surface area contributed by atoms with Gasteiger partial charge in [0, 0.05) is 19.2 Å². The van der Waals surface area contributed by atoms with E-state index in [-0.39, 0.29) is 35.0 Å². The number of carbonyl (C=O) groups is 2. The van der Waals surface area contributed by atoms with Gasteiger partial charge in [0.15, 0.2) is 5.69 Å². The highest BCUT2D eigenvalue weighted by Gasteiger charge is 2.41. The SMILES string of the molecule is [C-]#[N+]c1cc(N=Nc2c(C(F)(F)F)c(C#N)c(O)n(C)c2=O)cc2c1C(=O)N(CC(C)C)C2=O. The highest BCUT2D eigenvalue weighted by molar-refractivity contribution is 6.24. The molecular weight excluding hydrogens is 457 g/mol. The summed E-state index contributed by atoms with van der Waals surface area (Å²) in [7, 11) is 0.942. The molecule has 2 aromatic rings. The number of aromatic hydroxyl groups is 1. The summed E-state index contributed by atoms with van der Waals surface area (Å²) in [4.78, 5) is 41.9. The summed E-state index contributed by atoms with van der Waals surface area (Å²) >= 11 is 0. The zero-order valence-corrected chi connectivity index (χ0v) is 17.9. The van der Waals surface area contributed by atoms with Crippen molar-refractivity contribution in [3.05, 3.63) is 56.2 Å². The van der Waals surface area contributed by atoms with Gasteiger partial charge in [-0.2, -0.15) is 23.5 Å². The molecule has 1 N–H and O–H groups in total. The lowest BCUT2D eigenvalue weighted by Gasteiger charge is -2.16. The van der Waals surface area contributed by atoms with Crippen molar-refractivity contribution in [1.82, 2.24) is 9.47 Å². The second-order valence-electron chi connectivity index (χ2n) is 7.71. The first-order valence-electron chi connectivity index (χ1n) is 9.60. The fourth-order valence-corrected chi connectivity index (χ4v) is 3.40. The molecule has 34 heavy (non-hydrogen) atoms. The van der Waals surface area contributed by atoms with E-state index in [9.17, 15) is 32.7 Å². The van der Waals surface area contributed by atoms with Crippen LogP contribution in [0.4, 0.5) is 30.2 Å². The molecule has 0 fully saturated rings. The van der Waals surface area contributed by atoms with E-state index >= 15 is 0 Å². The Kier molecular flexibility index (Phi) is 5.99. The van der Waals surface area contributed by atoms with Gasteiger partial charge in [-0.3, -0.25) is 23.9 Å². The van der Waals surface area contributed by atoms with Crippen molar-refractivity contribution in [2.45, 2.75) is 20.0 Å². The van der Waals surface area contributed by atoms with Crippen molar-refractivity contribution in [2.75, 3.05) is 6.54 Å². The van der Waals surface area contributed by atoms with E-state index in [4.69, 9.17) is 11.8 Å². The third-order valence-corrected chi connectivity index (χ3v) is 4.90. The molecule has 1 aromatic heterocycles. The van der Waals surface area contributed by atoms with Gasteiger partial charge < -0.3 is 5.11 Å². The Morgan fingerprint density at radius 2 is 1.85 bits per heavy atom. The number of carbonyl (C=O) groups excluding carboxylic acids is 2. The zero-order valence-electron chi connectivity index (χ0n) is 17.9. The van der Waals surface area contributed by atoms with Crippen molar-refractivity contribution in [1.29, 1.82) is 5.26 Å². The standard InChI is InChI=1S/C21H15F3N6O4/c1-9(2)8-30-18(32)11-5-10(6-13(26-3)14(11)19(30)33)27-28-16-15(21(22,23)24)12(7-25)17(31)29(4)20(16)34/h5-6,9,31H,8H2,1-2,4H3. The van der Waals surface area contributed by atoms with Crippen LogP contribution in [0.25, 0.3) is 4.85 Å². The van der Waals surface area contributed by atoms with Crippen molar-refractivity contribution >= 4 is 28.9 Å². The number of amides is 2. The quantitative estimate of drug-likeness (QED) is 0.405. The number of benzene rings is 1. The second kappa shape index (κ2) is 8.44. The number of azo groups is 1. The smallest absolute Gasteiger partial charge is 0.420 e. The number of hydrogen-bond donors (Lipinski definition) is 1. The van der Waals surface area contributed by atoms with E-state index in [1.54, 1.807) is 13.8 Å². The average molecular weight is 472 g/mol. The van der Waals surface area contributed by atoms with Crippen molar-refractivity contribution in [3.8, 4) is 11.9 Å². The maximum absolute atomic E-state index is 13.6. The molecule has 2 heterocycles. The normalized spacial score (nSPS) is 13.5. The molecule has 0 bridgehead atoms. The number of aromatic nitrogens is 1. The first-order valence-corrected chi connectivity index (χ1v) is 9.60. The van der Waals surface area contributed by atoms with Crippen LogP contribution in [0.1, 0.15) is 45.7 Å². The maximum Gasteiger partial charge on any atom is 0.420 e. The van der Waals surface area contributed by atoms with E-state index in [1.165, 1.54) is 6.07 Å². The third-order valence-electron chi connectivity index (χ3n) is 4.90. The van der Waals surface area contributed by atoms with Crippen LogP contribution in [0.15, 0.2) is 27.2 Å². The van der Waals surface area contributed by atoms with E-state index < -0.39 is 46.2 Å². The van der Waals surface area contributed by atoms with Gasteiger partial charge in [0.25, 0.3) is 17.4 Å². The summed E-state index contributed by atoms with van der Waals surface area (Å²) in [5.41, 5.74) is -6.48. The predicted molar refractivity (Wildman–Crippen MR) is 110 cm³/mol. The Bertz CT molecular complexity index is 1410. The Hall–Kier alpha value is -4.52. The van der Waals surface area contributed by atoms with Crippen LogP contribution in [0.5, 0.6) is 5.88 Å². The van der Waals surface area contributed by atoms with E-state index in [0.717, 1.165) is 24.1 Å². The van der Waals surface area contributed by atoms with Crippen molar-refractivity contribution in [3.63, 3.8) is 0 Å². The summed E-state index contributed by atoms with van der Waals surface area (Å²) in [6.45, 7) is 11.0. The van der Waals surface area contributed by atoms with Gasteiger partial charge >= 0.3 is 6.18 Å². The monoisotopic (exact) mass is 472 g/mol. The molecule has 174 valence electrons. The van der Waals surface area contributed by atoms with Gasteiger partial charge in [0.2, 0.25) is 11.6 Å². The van der Waals surface area contributed by atoms with Crippen LogP contribution in [-0.2, 0) is 13.2 Å². The lowest BCUT2D eigenvalue weighted by molar-refractivity contribution is -0.137. The minimum absolute atomic E-state index is 0.0569. The summed E-state index contributed by atoms with van der Waals surface area (Å²) < 4.78 is 41.2. The molecular formula is C21H15F3N6O4. The van der Waals surface area contributed by atoms with Crippen LogP contribution in [0.3, 0.4) is 0 Å². The fourth-order valence-electron chi connectivity index (χ4n) is 3.40. The van der Waals surface area contributed by atoms with Gasteiger partial charge in [-0.25, -0.2) is 4.85 Å². The first-order chi connectivity index (χ1) is 15.8. The molecule has 0 saturated carbocycles. The molecule has 0 radical (unpaired) electrons. The number of nitrogens with zero attached hydrogens (tertiary/aromatic N) is 6. The molecule has 0 saturated heterocycles. The molecule has 0 unspecified atom stereocenters. The first kappa shape index (κ1) is 24.1. The van der Waals surface area contributed by atoms with Crippen LogP contribution >= 0.6 is 0 Å². The Morgan fingerprint density at radius 3 is 2.38 bits per heavy atom. The summed E-state index contributed by atoms with van der Waals surface area (Å²) in [5, 5.41) is 25.9. The van der Waals surface area contributed by atoms with Crippen LogP contribution in [0.2, 0.25) is 0 Å². The number of alkyl halides is 3. The predicted octanol–water partition coefficient (Wildman–Crippen LogP) is 4.20. The minimum atomic E-state index is -5.23. The van der Waals surface area contributed by atoms with Crippen molar-refractivity contribution < 1.29 is 27.9 Å². The van der Waals surface area contributed by atoms with Gasteiger partial charge in [-0.1, -0.05) is 13.8 Å². The van der Waals surface area contributed by atoms with Gasteiger partial charge in [-0.15, -0.1) is 5.11 Å². The van der Waals surface area contributed by atoms with E-state index in [1.807, 2.05) is 0 Å². The lowest BCUT2D eigenvalue weighted by Crippen LogP contribution is -2.33. The van der Waals surface area contributed by atoms with Gasteiger partial charge in [-0.05, 0) is 18.1 Å². The third kappa shape index (κ3) is 3.88. The largest absolute Gasteiger partial charge is 0.493 e. The fraction of sp³-hybridized carbons (Fsp3) is 0.286. The molecule has 1 aliphatic rings. The Morgan fingerprint density at radius 1 is 1.21 bits per heavy atom. The molecule has 1 aromatic carbocycles. The highest BCUT2D eigenvalue weighted by Crippen LogP contribution is 2.41. The van der Waals surface area contributed by atoms with E-state index in [0.29, 0.717) is 4.57 Å². The molecule has 0 aliphatic carbocycles. The summed E-state index contributed by atoms with van der Waals surface area (Å²) in [5.74, 6) is -2.62. The summed E-state index contributed by atoms with van der Waals surface area (Å²) in [6, 6.07) is 3.33. The average Bonchev–Trinajstić information content (AvgIpc) is 2.99. The van der Waals surface area contributed by atoms with Gasteiger partial charge in [0.05, 0.1) is 17.8 Å². The number of imide groups is 1. The number of rotatable bonds is 4. The topological polar surface area (TPSA) is 132 Å². The Labute approximate surface area is 190 Å². The number of nitriles is 1. The molecule has 1 aliphatic heterocycles. The Balaban J connectivity index is 2.20. The van der Waals surface area contributed by atoms with E-state index in [2.05, 4.69) is 15.1 Å². The molecule has 3 rings (SSSR count). The lowest BCUT2D eigenvalue weighted by atomic mass is 10.1. The zero-order chi connectivity index (χ0) is 25.5. The number of fused-ring (bicyclic) bond motifs is 1. The molecule has 0 spiro atoms. The molecule has 10 nitrogen and oxygen atoms in total. The number of halogens is 3. The molecule has 0 atom stereocenters. The maximum atomic E-state index is 13.6. The van der Waals surface area contributed by atoms with Crippen LogP contribution in [0, 0.1) is 23.8 Å².